The van der Waals surface area contributed by atoms with Gasteiger partial charge in [-0.1, -0.05) is 23.5 Å². The summed E-state index contributed by atoms with van der Waals surface area (Å²) < 4.78 is 1.84. The van der Waals surface area contributed by atoms with Crippen molar-refractivity contribution in [2.75, 3.05) is 36.5 Å². The van der Waals surface area contributed by atoms with E-state index in [1.807, 2.05) is 17.1 Å². The quantitative estimate of drug-likeness (QED) is 0.424. The van der Waals surface area contributed by atoms with Crippen molar-refractivity contribution in [3.8, 4) is 0 Å². The smallest absolute Gasteiger partial charge is 0.230 e. The van der Waals surface area contributed by atoms with E-state index in [0.29, 0.717) is 18.2 Å². The van der Waals surface area contributed by atoms with Gasteiger partial charge in [0.2, 0.25) is 5.91 Å². The fourth-order valence-electron chi connectivity index (χ4n) is 3.19. The SMILES string of the molecule is CSc1nc(N2CCCC2)c2cnn(CCNC(=O)CSc3ncccn3)c2n1. The second kappa shape index (κ2) is 9.40. The summed E-state index contributed by atoms with van der Waals surface area (Å²) in [7, 11) is 0. The fourth-order valence-corrected chi connectivity index (χ4v) is 4.18. The number of carbonyl (C=O) groups excluding carboxylic acids is 1. The molecule has 29 heavy (non-hydrogen) atoms. The van der Waals surface area contributed by atoms with Crippen LogP contribution in [-0.2, 0) is 11.3 Å². The standard InChI is InChI=1S/C18H22N8OS2/c1-28-18-23-15(25-8-2-3-9-25)13-11-22-26(16(13)24-18)10-7-19-14(27)12-29-17-20-5-4-6-21-17/h4-6,11H,2-3,7-10,12H2,1H3,(H,19,27). The van der Waals surface area contributed by atoms with Crippen LogP contribution in [-0.4, -0.2) is 67.3 Å². The van der Waals surface area contributed by atoms with Crippen LogP contribution in [0, 0.1) is 0 Å². The molecule has 0 bridgehead atoms. The van der Waals surface area contributed by atoms with Gasteiger partial charge in [-0.3, -0.25) is 4.79 Å². The van der Waals surface area contributed by atoms with Crippen LogP contribution in [0.4, 0.5) is 5.82 Å². The molecule has 1 aliphatic rings. The first-order valence-electron chi connectivity index (χ1n) is 9.43. The second-order valence-corrected chi connectivity index (χ2v) is 8.22. The molecule has 1 amide bonds. The lowest BCUT2D eigenvalue weighted by molar-refractivity contribution is -0.118. The molecule has 0 atom stereocenters. The fraction of sp³-hybridized carbons (Fsp3) is 0.444. The second-order valence-electron chi connectivity index (χ2n) is 6.50. The molecule has 0 unspecified atom stereocenters. The first kappa shape index (κ1) is 19.9. The molecule has 0 radical (unpaired) electrons. The summed E-state index contributed by atoms with van der Waals surface area (Å²) in [5, 5.41) is 9.71. The zero-order valence-corrected chi connectivity index (χ0v) is 17.7. The van der Waals surface area contributed by atoms with Crippen LogP contribution < -0.4 is 10.2 Å². The largest absolute Gasteiger partial charge is 0.356 e. The van der Waals surface area contributed by atoms with Crippen LogP contribution in [0.15, 0.2) is 35.0 Å². The van der Waals surface area contributed by atoms with E-state index in [-0.39, 0.29) is 11.7 Å². The van der Waals surface area contributed by atoms with Crippen molar-refractivity contribution in [3.05, 3.63) is 24.7 Å². The van der Waals surface area contributed by atoms with E-state index in [0.717, 1.165) is 35.1 Å². The lowest BCUT2D eigenvalue weighted by atomic mass is 10.3. The molecule has 11 heteroatoms. The van der Waals surface area contributed by atoms with Crippen LogP contribution in [0.25, 0.3) is 11.0 Å². The van der Waals surface area contributed by atoms with E-state index in [1.54, 1.807) is 18.5 Å². The maximum absolute atomic E-state index is 12.1. The Morgan fingerprint density at radius 1 is 1.17 bits per heavy atom. The van der Waals surface area contributed by atoms with Gasteiger partial charge in [0.15, 0.2) is 16.0 Å². The van der Waals surface area contributed by atoms with Gasteiger partial charge in [-0.15, -0.1) is 0 Å². The molecule has 3 aromatic rings. The maximum Gasteiger partial charge on any atom is 0.230 e. The number of aromatic nitrogens is 6. The average Bonchev–Trinajstić information content (AvgIpc) is 3.43. The van der Waals surface area contributed by atoms with E-state index < -0.39 is 0 Å². The van der Waals surface area contributed by atoms with E-state index in [2.05, 4.69) is 30.3 Å². The number of amides is 1. The van der Waals surface area contributed by atoms with Gasteiger partial charge in [-0.25, -0.2) is 24.6 Å². The zero-order chi connectivity index (χ0) is 20.1. The first-order chi connectivity index (χ1) is 14.2. The normalized spacial score (nSPS) is 13.9. The van der Waals surface area contributed by atoms with Gasteiger partial charge in [-0.05, 0) is 25.2 Å². The zero-order valence-electron chi connectivity index (χ0n) is 16.1. The van der Waals surface area contributed by atoms with Gasteiger partial charge in [0.1, 0.15) is 5.82 Å². The van der Waals surface area contributed by atoms with Gasteiger partial charge in [-0.2, -0.15) is 5.10 Å². The molecule has 0 aliphatic carbocycles. The Kier molecular flexibility index (Phi) is 6.45. The highest BCUT2D eigenvalue weighted by atomic mass is 32.2. The minimum Gasteiger partial charge on any atom is -0.356 e. The lowest BCUT2D eigenvalue weighted by Gasteiger charge is -2.17. The Labute approximate surface area is 177 Å². The Hall–Kier alpha value is -2.40. The molecule has 9 nitrogen and oxygen atoms in total. The van der Waals surface area contributed by atoms with E-state index in [9.17, 15) is 4.79 Å². The Bertz CT molecular complexity index is 975. The predicted octanol–water partition coefficient (Wildman–Crippen LogP) is 1.85. The van der Waals surface area contributed by atoms with Crippen molar-refractivity contribution < 1.29 is 4.79 Å². The number of hydrogen-bond donors (Lipinski definition) is 1. The molecule has 152 valence electrons. The molecule has 4 heterocycles. The number of nitrogens with one attached hydrogen (secondary N) is 1. The summed E-state index contributed by atoms with van der Waals surface area (Å²) >= 11 is 2.84. The minimum absolute atomic E-state index is 0.0592. The summed E-state index contributed by atoms with van der Waals surface area (Å²) in [6.07, 6.45) is 9.51. The molecule has 0 aromatic carbocycles. The van der Waals surface area contributed by atoms with Crippen LogP contribution in [0.3, 0.4) is 0 Å². The van der Waals surface area contributed by atoms with E-state index in [4.69, 9.17) is 4.98 Å². The van der Waals surface area contributed by atoms with Crippen molar-refractivity contribution in [2.45, 2.75) is 29.7 Å². The summed E-state index contributed by atoms with van der Waals surface area (Å²) in [6.45, 7) is 3.06. The van der Waals surface area contributed by atoms with Gasteiger partial charge >= 0.3 is 0 Å². The van der Waals surface area contributed by atoms with Gasteiger partial charge in [0, 0.05) is 32.0 Å². The number of thioether (sulfide) groups is 2. The molecule has 0 saturated carbocycles. The van der Waals surface area contributed by atoms with Crippen LogP contribution in [0.5, 0.6) is 0 Å². The maximum atomic E-state index is 12.1. The minimum atomic E-state index is -0.0592. The van der Waals surface area contributed by atoms with Crippen molar-refractivity contribution in [1.29, 1.82) is 0 Å². The third kappa shape index (κ3) is 4.78. The first-order valence-corrected chi connectivity index (χ1v) is 11.6. The summed E-state index contributed by atoms with van der Waals surface area (Å²) in [5.74, 6) is 1.18. The molecule has 1 N–H and O–H groups in total. The van der Waals surface area contributed by atoms with Crippen molar-refractivity contribution >= 4 is 46.3 Å². The van der Waals surface area contributed by atoms with Crippen molar-refractivity contribution in [1.82, 2.24) is 35.0 Å². The number of nitrogens with zero attached hydrogens (tertiary/aromatic N) is 7. The van der Waals surface area contributed by atoms with Crippen LogP contribution >= 0.6 is 23.5 Å². The highest BCUT2D eigenvalue weighted by molar-refractivity contribution is 7.99. The average molecular weight is 431 g/mol. The van der Waals surface area contributed by atoms with Gasteiger partial charge < -0.3 is 10.2 Å². The molecule has 1 saturated heterocycles. The number of fused-ring (bicyclic) bond motifs is 1. The highest BCUT2D eigenvalue weighted by Crippen LogP contribution is 2.28. The number of anilines is 1. The van der Waals surface area contributed by atoms with Crippen molar-refractivity contribution in [3.63, 3.8) is 0 Å². The Morgan fingerprint density at radius 2 is 1.97 bits per heavy atom. The Balaban J connectivity index is 1.39. The van der Waals surface area contributed by atoms with Gasteiger partial charge in [0.25, 0.3) is 0 Å². The Morgan fingerprint density at radius 3 is 2.72 bits per heavy atom. The highest BCUT2D eigenvalue weighted by Gasteiger charge is 2.20. The molecular formula is C18H22N8OS2. The molecule has 1 fully saturated rings. The number of rotatable bonds is 8. The third-order valence-electron chi connectivity index (χ3n) is 4.56. The number of carbonyl (C=O) groups is 1. The molecule has 0 spiro atoms. The molecule has 4 rings (SSSR count). The third-order valence-corrected chi connectivity index (χ3v) is 5.99. The summed E-state index contributed by atoms with van der Waals surface area (Å²) in [5.41, 5.74) is 0.813. The summed E-state index contributed by atoms with van der Waals surface area (Å²) in [4.78, 5) is 32.0. The van der Waals surface area contributed by atoms with E-state index >= 15 is 0 Å². The lowest BCUT2D eigenvalue weighted by Crippen LogP contribution is -2.29. The summed E-state index contributed by atoms with van der Waals surface area (Å²) in [6, 6.07) is 1.75. The van der Waals surface area contributed by atoms with Crippen LogP contribution in [0.2, 0.25) is 0 Å². The molecule has 3 aromatic heterocycles. The van der Waals surface area contributed by atoms with Crippen LogP contribution in [0.1, 0.15) is 12.8 Å². The van der Waals surface area contributed by atoms with E-state index in [1.165, 1.54) is 36.4 Å². The van der Waals surface area contributed by atoms with Crippen molar-refractivity contribution in [2.24, 2.45) is 0 Å². The molecular weight excluding hydrogens is 408 g/mol. The monoisotopic (exact) mass is 430 g/mol. The van der Waals surface area contributed by atoms with Gasteiger partial charge in [0.05, 0.1) is 23.9 Å². The predicted molar refractivity (Wildman–Crippen MR) is 114 cm³/mol. The number of hydrogen-bond acceptors (Lipinski definition) is 9. The molecule has 1 aliphatic heterocycles. The topological polar surface area (TPSA) is 102 Å².